The zero-order valence-electron chi connectivity index (χ0n) is 13.2. The van der Waals surface area contributed by atoms with Crippen LogP contribution < -0.4 is 0 Å². The summed E-state index contributed by atoms with van der Waals surface area (Å²) < 4.78 is 0. The summed E-state index contributed by atoms with van der Waals surface area (Å²) in [6.45, 7) is 6.48. The van der Waals surface area contributed by atoms with E-state index in [1.807, 2.05) is 30.3 Å². The summed E-state index contributed by atoms with van der Waals surface area (Å²) in [5, 5.41) is 10.2. The number of benzene rings is 1. The first-order valence-corrected chi connectivity index (χ1v) is 7.77. The van der Waals surface area contributed by atoms with Crippen molar-refractivity contribution >= 4 is 11.7 Å². The second kappa shape index (κ2) is 7.51. The van der Waals surface area contributed by atoms with Crippen molar-refractivity contribution in [3.05, 3.63) is 35.9 Å². The standard InChI is InChI=1S/C17H24N2O3/c1-13(2)16(21)17(22)19-10-8-18(9-11-19)12-15(20)14-6-4-3-5-7-14/h3-7,13,15,20H,8-12H2,1-2H3. The molecular weight excluding hydrogens is 280 g/mol. The van der Waals surface area contributed by atoms with Gasteiger partial charge >= 0.3 is 0 Å². The van der Waals surface area contributed by atoms with Gasteiger partial charge in [-0.2, -0.15) is 0 Å². The van der Waals surface area contributed by atoms with Crippen LogP contribution in [0.5, 0.6) is 0 Å². The summed E-state index contributed by atoms with van der Waals surface area (Å²) in [6, 6.07) is 9.56. The van der Waals surface area contributed by atoms with Gasteiger partial charge in [-0.3, -0.25) is 14.5 Å². The lowest BCUT2D eigenvalue weighted by molar-refractivity contribution is -0.147. The van der Waals surface area contributed by atoms with Crippen LogP contribution in [-0.4, -0.2) is 59.3 Å². The second-order valence-corrected chi connectivity index (χ2v) is 6.04. The molecule has 1 unspecified atom stereocenters. The number of aliphatic hydroxyl groups excluding tert-OH is 1. The maximum absolute atomic E-state index is 12.0. The normalized spacial score (nSPS) is 17.5. The minimum Gasteiger partial charge on any atom is -0.387 e. The van der Waals surface area contributed by atoms with E-state index in [9.17, 15) is 14.7 Å². The van der Waals surface area contributed by atoms with Gasteiger partial charge in [0, 0.05) is 38.6 Å². The van der Waals surface area contributed by atoms with Crippen molar-refractivity contribution in [2.75, 3.05) is 32.7 Å². The molecule has 0 saturated carbocycles. The Morgan fingerprint density at radius 2 is 1.68 bits per heavy atom. The molecule has 0 aromatic heterocycles. The van der Waals surface area contributed by atoms with Crippen molar-refractivity contribution in [3.8, 4) is 0 Å². The number of hydrogen-bond acceptors (Lipinski definition) is 4. The topological polar surface area (TPSA) is 60.9 Å². The van der Waals surface area contributed by atoms with Gasteiger partial charge in [-0.25, -0.2) is 0 Å². The van der Waals surface area contributed by atoms with E-state index in [2.05, 4.69) is 4.90 Å². The molecule has 5 heteroatoms. The number of amides is 1. The Balaban J connectivity index is 1.82. The lowest BCUT2D eigenvalue weighted by atomic mass is 10.1. The molecule has 1 atom stereocenters. The van der Waals surface area contributed by atoms with Gasteiger partial charge in [-0.05, 0) is 5.56 Å². The summed E-state index contributed by atoms with van der Waals surface area (Å²) in [6.07, 6.45) is -0.527. The van der Waals surface area contributed by atoms with E-state index in [0.717, 1.165) is 5.56 Å². The molecule has 1 aromatic rings. The Morgan fingerprint density at radius 3 is 2.23 bits per heavy atom. The minimum atomic E-state index is -0.527. The molecule has 2 rings (SSSR count). The molecule has 1 heterocycles. The number of carbonyl (C=O) groups is 2. The van der Waals surface area contributed by atoms with Crippen LogP contribution in [0.1, 0.15) is 25.5 Å². The predicted molar refractivity (Wildman–Crippen MR) is 84.3 cm³/mol. The van der Waals surface area contributed by atoms with Crippen molar-refractivity contribution in [3.63, 3.8) is 0 Å². The van der Waals surface area contributed by atoms with Gasteiger partial charge in [0.25, 0.3) is 5.91 Å². The molecule has 22 heavy (non-hydrogen) atoms. The highest BCUT2D eigenvalue weighted by molar-refractivity contribution is 6.36. The molecule has 1 aliphatic rings. The Kier molecular flexibility index (Phi) is 5.69. The summed E-state index contributed by atoms with van der Waals surface area (Å²) in [4.78, 5) is 27.5. The highest BCUT2D eigenvalue weighted by Crippen LogP contribution is 2.15. The molecule has 0 aliphatic carbocycles. The maximum atomic E-state index is 12.0. The minimum absolute atomic E-state index is 0.259. The smallest absolute Gasteiger partial charge is 0.290 e. The number of hydrogen-bond donors (Lipinski definition) is 1. The Hall–Kier alpha value is -1.72. The van der Waals surface area contributed by atoms with Gasteiger partial charge < -0.3 is 10.0 Å². The van der Waals surface area contributed by atoms with Crippen LogP contribution in [-0.2, 0) is 9.59 Å². The van der Waals surface area contributed by atoms with Crippen LogP contribution in [0.2, 0.25) is 0 Å². The van der Waals surface area contributed by atoms with Gasteiger partial charge in [0.1, 0.15) is 0 Å². The zero-order valence-corrected chi connectivity index (χ0v) is 13.2. The van der Waals surface area contributed by atoms with Crippen molar-refractivity contribution in [1.82, 2.24) is 9.80 Å². The van der Waals surface area contributed by atoms with Crippen molar-refractivity contribution < 1.29 is 14.7 Å². The Bertz CT molecular complexity index is 508. The zero-order chi connectivity index (χ0) is 16.1. The molecule has 120 valence electrons. The molecule has 0 spiro atoms. The summed E-state index contributed by atoms with van der Waals surface area (Å²) in [5.74, 6) is -0.957. The first-order chi connectivity index (χ1) is 10.5. The van der Waals surface area contributed by atoms with Gasteiger partial charge in [0.2, 0.25) is 5.78 Å². The molecule has 5 nitrogen and oxygen atoms in total. The van der Waals surface area contributed by atoms with E-state index in [4.69, 9.17) is 0 Å². The van der Waals surface area contributed by atoms with Crippen LogP contribution >= 0.6 is 0 Å². The monoisotopic (exact) mass is 304 g/mol. The maximum Gasteiger partial charge on any atom is 0.290 e. The number of rotatable bonds is 5. The molecule has 0 bridgehead atoms. The van der Waals surface area contributed by atoms with E-state index < -0.39 is 6.10 Å². The number of Topliss-reactive ketones (excluding diaryl/α,β-unsaturated/α-hetero) is 1. The van der Waals surface area contributed by atoms with Gasteiger partial charge in [-0.15, -0.1) is 0 Å². The largest absolute Gasteiger partial charge is 0.387 e. The van der Waals surface area contributed by atoms with Crippen LogP contribution in [0.25, 0.3) is 0 Å². The first-order valence-electron chi connectivity index (χ1n) is 7.77. The highest BCUT2D eigenvalue weighted by atomic mass is 16.3. The quantitative estimate of drug-likeness (QED) is 0.827. The van der Waals surface area contributed by atoms with E-state index in [0.29, 0.717) is 32.7 Å². The third-order valence-electron chi connectivity index (χ3n) is 4.01. The second-order valence-electron chi connectivity index (χ2n) is 6.04. The van der Waals surface area contributed by atoms with E-state index in [1.54, 1.807) is 18.7 Å². The third-order valence-corrected chi connectivity index (χ3v) is 4.01. The fraction of sp³-hybridized carbons (Fsp3) is 0.529. The summed E-state index contributed by atoms with van der Waals surface area (Å²) >= 11 is 0. The van der Waals surface area contributed by atoms with Crippen molar-refractivity contribution in [2.24, 2.45) is 5.92 Å². The van der Waals surface area contributed by atoms with Gasteiger partial charge in [-0.1, -0.05) is 44.2 Å². The number of ketones is 1. The van der Waals surface area contributed by atoms with Gasteiger partial charge in [0.15, 0.2) is 0 Å². The van der Waals surface area contributed by atoms with Crippen molar-refractivity contribution in [2.45, 2.75) is 20.0 Å². The molecule has 1 aliphatic heterocycles. The number of piperazine rings is 1. The van der Waals surface area contributed by atoms with Crippen LogP contribution in [0, 0.1) is 5.92 Å². The fourth-order valence-corrected chi connectivity index (χ4v) is 2.56. The molecule has 1 saturated heterocycles. The fourth-order valence-electron chi connectivity index (χ4n) is 2.56. The predicted octanol–water partition coefficient (Wildman–Crippen LogP) is 1.09. The van der Waals surface area contributed by atoms with E-state index in [-0.39, 0.29) is 17.6 Å². The van der Waals surface area contributed by atoms with E-state index >= 15 is 0 Å². The third kappa shape index (κ3) is 4.15. The Labute approximate surface area is 131 Å². The summed E-state index contributed by atoms with van der Waals surface area (Å²) in [7, 11) is 0. The van der Waals surface area contributed by atoms with Crippen molar-refractivity contribution in [1.29, 1.82) is 0 Å². The average molecular weight is 304 g/mol. The molecule has 1 amide bonds. The Morgan fingerprint density at radius 1 is 1.09 bits per heavy atom. The molecule has 1 N–H and O–H groups in total. The first kappa shape index (κ1) is 16.6. The average Bonchev–Trinajstić information content (AvgIpc) is 2.55. The molecule has 0 radical (unpaired) electrons. The highest BCUT2D eigenvalue weighted by Gasteiger charge is 2.28. The number of carbonyl (C=O) groups excluding carboxylic acids is 2. The molecular formula is C17H24N2O3. The number of aliphatic hydroxyl groups is 1. The number of β-amino-alcohol motifs (C(OH)–C–C–N with tert-alkyl or cyclic N) is 1. The van der Waals surface area contributed by atoms with Gasteiger partial charge in [0.05, 0.1) is 6.10 Å². The molecule has 1 fully saturated rings. The lowest BCUT2D eigenvalue weighted by Crippen LogP contribution is -2.51. The van der Waals surface area contributed by atoms with Crippen LogP contribution in [0.3, 0.4) is 0 Å². The van der Waals surface area contributed by atoms with E-state index in [1.165, 1.54) is 0 Å². The number of nitrogens with zero attached hydrogens (tertiary/aromatic N) is 2. The molecule has 1 aromatic carbocycles. The lowest BCUT2D eigenvalue weighted by Gasteiger charge is -2.35. The van der Waals surface area contributed by atoms with Crippen LogP contribution in [0.4, 0.5) is 0 Å². The van der Waals surface area contributed by atoms with Crippen LogP contribution in [0.15, 0.2) is 30.3 Å². The summed E-state index contributed by atoms with van der Waals surface area (Å²) in [5.41, 5.74) is 0.899. The SMILES string of the molecule is CC(C)C(=O)C(=O)N1CCN(CC(O)c2ccccc2)CC1.